The van der Waals surface area contributed by atoms with E-state index in [-0.39, 0.29) is 0 Å². The van der Waals surface area contributed by atoms with Crippen molar-refractivity contribution in [3.63, 3.8) is 0 Å². The van der Waals surface area contributed by atoms with E-state index in [1.807, 2.05) is 18.0 Å². The Morgan fingerprint density at radius 2 is 2.33 bits per heavy atom. The molecular formula is C10H11NS. The van der Waals surface area contributed by atoms with Crippen molar-refractivity contribution in [3.8, 4) is 0 Å². The lowest BCUT2D eigenvalue weighted by molar-refractivity contribution is 0.532. The van der Waals surface area contributed by atoms with Crippen LogP contribution in [0.3, 0.4) is 0 Å². The molecule has 1 aromatic rings. The van der Waals surface area contributed by atoms with Crippen LogP contribution in [0.25, 0.3) is 0 Å². The zero-order valence-electron chi connectivity index (χ0n) is 6.86. The number of benzene rings is 1. The van der Waals surface area contributed by atoms with Crippen LogP contribution in [0.5, 0.6) is 0 Å². The van der Waals surface area contributed by atoms with Crippen molar-refractivity contribution in [2.24, 2.45) is 0 Å². The largest absolute Gasteiger partial charge is 0.238 e. The van der Waals surface area contributed by atoms with Crippen LogP contribution in [0.4, 0.5) is 0 Å². The van der Waals surface area contributed by atoms with E-state index in [2.05, 4.69) is 35.1 Å². The van der Waals surface area contributed by atoms with Crippen molar-refractivity contribution >= 4 is 11.9 Å². The van der Waals surface area contributed by atoms with Gasteiger partial charge in [-0.1, -0.05) is 24.3 Å². The van der Waals surface area contributed by atoms with Gasteiger partial charge in [-0.3, -0.25) is 0 Å². The van der Waals surface area contributed by atoms with Gasteiger partial charge in [0, 0.05) is 18.0 Å². The lowest BCUT2D eigenvalue weighted by atomic mass is 10.2. The Morgan fingerprint density at radius 3 is 3.08 bits per heavy atom. The molecule has 0 amide bonds. The zero-order valence-corrected chi connectivity index (χ0v) is 7.68. The fraction of sp³-hybridized carbons (Fsp3) is 0.200. The molecule has 0 aromatic heterocycles. The molecule has 1 aliphatic heterocycles. The minimum atomic E-state index is 0.958. The van der Waals surface area contributed by atoms with Gasteiger partial charge in [0.05, 0.1) is 0 Å². The molecule has 1 nitrogen and oxygen atoms in total. The molecule has 0 radical (unpaired) electrons. The highest BCUT2D eigenvalue weighted by atomic mass is 32.2. The first-order valence-electron chi connectivity index (χ1n) is 4.02. The second kappa shape index (κ2) is 3.33. The van der Waals surface area contributed by atoms with Crippen molar-refractivity contribution in [1.29, 1.82) is 0 Å². The number of rotatable bonds is 2. The summed E-state index contributed by atoms with van der Waals surface area (Å²) >= 11 is 1.82. The summed E-state index contributed by atoms with van der Waals surface area (Å²) in [5.74, 6) is 0. The van der Waals surface area contributed by atoms with E-state index in [1.54, 1.807) is 0 Å². The Labute approximate surface area is 77.2 Å². The third kappa shape index (κ3) is 1.40. The van der Waals surface area contributed by atoms with Gasteiger partial charge >= 0.3 is 0 Å². The highest BCUT2D eigenvalue weighted by Crippen LogP contribution is 2.34. The molecule has 0 atom stereocenters. The van der Waals surface area contributed by atoms with E-state index in [0.29, 0.717) is 0 Å². The summed E-state index contributed by atoms with van der Waals surface area (Å²) in [6.45, 7) is 5.74. The number of hydrogen-bond donors (Lipinski definition) is 0. The molecule has 1 heterocycles. The normalized spacial score (nSPS) is 16.0. The fourth-order valence-electron chi connectivity index (χ4n) is 1.33. The molecule has 0 spiro atoms. The van der Waals surface area contributed by atoms with E-state index in [0.717, 1.165) is 13.1 Å². The molecule has 62 valence electrons. The quantitative estimate of drug-likeness (QED) is 0.504. The molecule has 12 heavy (non-hydrogen) atoms. The summed E-state index contributed by atoms with van der Waals surface area (Å²) in [7, 11) is 0. The van der Waals surface area contributed by atoms with Gasteiger partial charge < -0.3 is 0 Å². The average Bonchev–Trinajstić information content (AvgIpc) is 2.47. The van der Waals surface area contributed by atoms with Gasteiger partial charge in [-0.15, -0.1) is 6.58 Å². The Balaban J connectivity index is 2.16. The molecule has 0 unspecified atom stereocenters. The third-order valence-corrected chi connectivity index (χ3v) is 3.01. The molecule has 1 aliphatic rings. The molecule has 1 aromatic carbocycles. The predicted molar refractivity (Wildman–Crippen MR) is 52.9 cm³/mol. The SMILES string of the molecule is C=CCN1Cc2ccccc2S1. The minimum Gasteiger partial charge on any atom is -0.238 e. The molecule has 2 rings (SSSR count). The summed E-state index contributed by atoms with van der Waals surface area (Å²) in [4.78, 5) is 1.39. The number of fused-ring (bicyclic) bond motifs is 1. The van der Waals surface area contributed by atoms with E-state index in [1.165, 1.54) is 10.5 Å². The van der Waals surface area contributed by atoms with Crippen LogP contribution in [0.1, 0.15) is 5.56 Å². The Bertz CT molecular complexity index is 271. The monoisotopic (exact) mass is 177 g/mol. The van der Waals surface area contributed by atoms with Gasteiger partial charge in [0.2, 0.25) is 0 Å². The second-order valence-corrected chi connectivity index (χ2v) is 3.95. The first-order valence-corrected chi connectivity index (χ1v) is 4.79. The van der Waals surface area contributed by atoms with E-state index >= 15 is 0 Å². The molecule has 2 heteroatoms. The predicted octanol–water partition coefficient (Wildman–Crippen LogP) is 2.70. The Morgan fingerprint density at radius 1 is 1.50 bits per heavy atom. The van der Waals surface area contributed by atoms with Crippen molar-refractivity contribution in [3.05, 3.63) is 42.5 Å². The molecule has 0 bridgehead atoms. The first kappa shape index (κ1) is 7.90. The van der Waals surface area contributed by atoms with Crippen LogP contribution in [0.2, 0.25) is 0 Å². The third-order valence-electron chi connectivity index (χ3n) is 1.88. The maximum atomic E-state index is 3.73. The average molecular weight is 177 g/mol. The summed E-state index contributed by atoms with van der Waals surface area (Å²) in [6, 6.07) is 8.54. The number of nitrogens with zero attached hydrogens (tertiary/aromatic N) is 1. The summed E-state index contributed by atoms with van der Waals surface area (Å²) in [6.07, 6.45) is 1.94. The fourth-order valence-corrected chi connectivity index (χ4v) is 2.38. The summed E-state index contributed by atoms with van der Waals surface area (Å²) in [5, 5.41) is 0. The van der Waals surface area contributed by atoms with Gasteiger partial charge in [0.1, 0.15) is 0 Å². The van der Waals surface area contributed by atoms with Crippen molar-refractivity contribution in [1.82, 2.24) is 4.31 Å². The topological polar surface area (TPSA) is 3.24 Å². The van der Waals surface area contributed by atoms with Crippen LogP contribution < -0.4 is 0 Å². The maximum absolute atomic E-state index is 3.73. The van der Waals surface area contributed by atoms with Gasteiger partial charge in [-0.05, 0) is 23.6 Å². The molecule has 0 aliphatic carbocycles. The van der Waals surface area contributed by atoms with E-state index in [9.17, 15) is 0 Å². The second-order valence-electron chi connectivity index (χ2n) is 2.81. The van der Waals surface area contributed by atoms with Crippen molar-refractivity contribution in [2.75, 3.05) is 6.54 Å². The van der Waals surface area contributed by atoms with Crippen LogP contribution in [0.15, 0.2) is 41.8 Å². The lowest BCUT2D eigenvalue weighted by Gasteiger charge is -2.08. The van der Waals surface area contributed by atoms with Gasteiger partial charge in [-0.2, -0.15) is 0 Å². The van der Waals surface area contributed by atoms with E-state index in [4.69, 9.17) is 0 Å². The highest BCUT2D eigenvalue weighted by molar-refractivity contribution is 7.97. The van der Waals surface area contributed by atoms with Crippen LogP contribution >= 0.6 is 11.9 Å². The van der Waals surface area contributed by atoms with Gasteiger partial charge in [-0.25, -0.2) is 4.31 Å². The van der Waals surface area contributed by atoms with Crippen LogP contribution in [-0.2, 0) is 6.54 Å². The Hall–Kier alpha value is -0.730. The lowest BCUT2D eigenvalue weighted by Crippen LogP contribution is -2.08. The van der Waals surface area contributed by atoms with Crippen molar-refractivity contribution < 1.29 is 0 Å². The van der Waals surface area contributed by atoms with E-state index < -0.39 is 0 Å². The van der Waals surface area contributed by atoms with Crippen LogP contribution in [0, 0.1) is 0 Å². The maximum Gasteiger partial charge on any atom is 0.0359 e. The Kier molecular flexibility index (Phi) is 2.19. The van der Waals surface area contributed by atoms with Crippen molar-refractivity contribution in [2.45, 2.75) is 11.4 Å². The minimum absolute atomic E-state index is 0.958. The molecular weight excluding hydrogens is 166 g/mol. The molecule has 0 fully saturated rings. The molecule has 0 N–H and O–H groups in total. The first-order chi connectivity index (χ1) is 5.90. The smallest absolute Gasteiger partial charge is 0.0359 e. The summed E-state index contributed by atoms with van der Waals surface area (Å²) in [5.41, 5.74) is 1.43. The van der Waals surface area contributed by atoms with Crippen LogP contribution in [-0.4, -0.2) is 10.8 Å². The molecule has 0 saturated carbocycles. The summed E-state index contributed by atoms with van der Waals surface area (Å²) < 4.78 is 2.30. The molecule has 0 saturated heterocycles. The van der Waals surface area contributed by atoms with Gasteiger partial charge in [0.15, 0.2) is 0 Å². The van der Waals surface area contributed by atoms with Gasteiger partial charge in [0.25, 0.3) is 0 Å². The highest BCUT2D eigenvalue weighted by Gasteiger charge is 2.17. The standard InChI is InChI=1S/C10H11NS/c1-2-7-11-8-9-5-3-4-6-10(9)12-11/h2-6H,1,7-8H2. The number of hydrogen-bond acceptors (Lipinski definition) is 2. The zero-order chi connectivity index (χ0) is 8.39.